The average Bonchev–Trinajstić information content (AvgIpc) is 2.47. The molecule has 3 nitrogen and oxygen atoms in total. The van der Waals surface area contributed by atoms with Crippen molar-refractivity contribution in [3.05, 3.63) is 65.0 Å². The van der Waals surface area contributed by atoms with Gasteiger partial charge in [-0.05, 0) is 29.8 Å². The van der Waals surface area contributed by atoms with Crippen LogP contribution in [-0.4, -0.2) is 5.91 Å². The summed E-state index contributed by atoms with van der Waals surface area (Å²) in [4.78, 5) is 11.8. The molecule has 106 valence electrons. The van der Waals surface area contributed by atoms with Crippen molar-refractivity contribution in [1.82, 2.24) is 0 Å². The Morgan fingerprint density at radius 1 is 1.05 bits per heavy atom. The van der Waals surface area contributed by atoms with Gasteiger partial charge in [0.25, 0.3) is 5.91 Å². The molecule has 2 rings (SSSR count). The molecule has 0 radical (unpaired) electrons. The molecule has 0 unspecified atom stereocenters. The minimum Gasteiger partial charge on any atom is -0.322 e. The van der Waals surface area contributed by atoms with Gasteiger partial charge in [-0.1, -0.05) is 12.1 Å². The van der Waals surface area contributed by atoms with Crippen LogP contribution < -0.4 is 5.32 Å². The molecular weight excluding hydrogens is 281 g/mol. The first-order valence-electron chi connectivity index (χ1n) is 5.93. The summed E-state index contributed by atoms with van der Waals surface area (Å²) in [6.45, 7) is 0. The van der Waals surface area contributed by atoms with E-state index < -0.39 is 28.9 Å². The number of nitriles is 1. The van der Waals surface area contributed by atoms with Crippen LogP contribution in [0.2, 0.25) is 0 Å². The Morgan fingerprint density at radius 2 is 1.71 bits per heavy atom. The number of carbonyl (C=O) groups excluding carboxylic acids is 1. The lowest BCUT2D eigenvalue weighted by Crippen LogP contribution is -2.15. The minimum absolute atomic E-state index is 0.228. The molecule has 0 aromatic heterocycles. The topological polar surface area (TPSA) is 52.9 Å². The van der Waals surface area contributed by atoms with Gasteiger partial charge in [0.05, 0.1) is 18.1 Å². The summed E-state index contributed by atoms with van der Waals surface area (Å²) in [6.07, 6.45) is 0.228. The van der Waals surface area contributed by atoms with Crippen LogP contribution in [0.3, 0.4) is 0 Å². The summed E-state index contributed by atoms with van der Waals surface area (Å²) in [7, 11) is 0. The zero-order valence-corrected chi connectivity index (χ0v) is 10.7. The largest absolute Gasteiger partial charge is 0.322 e. The maximum atomic E-state index is 13.5. The minimum atomic E-state index is -1.69. The summed E-state index contributed by atoms with van der Waals surface area (Å²) in [6, 6.07) is 9.84. The van der Waals surface area contributed by atoms with E-state index >= 15 is 0 Å². The second-order valence-electron chi connectivity index (χ2n) is 4.21. The number of anilines is 1. The Bertz CT molecular complexity index is 721. The molecule has 0 heterocycles. The van der Waals surface area contributed by atoms with Gasteiger partial charge in [-0.3, -0.25) is 4.79 Å². The first-order valence-corrected chi connectivity index (χ1v) is 5.93. The normalized spacial score (nSPS) is 10.0. The summed E-state index contributed by atoms with van der Waals surface area (Å²) in [5.74, 6) is -5.47. The van der Waals surface area contributed by atoms with E-state index in [1.807, 2.05) is 6.07 Å². The molecule has 0 saturated carbocycles. The number of benzene rings is 2. The maximum absolute atomic E-state index is 13.5. The van der Waals surface area contributed by atoms with Crippen molar-refractivity contribution in [2.45, 2.75) is 6.42 Å². The van der Waals surface area contributed by atoms with Crippen molar-refractivity contribution >= 4 is 11.6 Å². The molecule has 0 spiro atoms. The van der Waals surface area contributed by atoms with Crippen molar-refractivity contribution in [1.29, 1.82) is 5.26 Å². The Hall–Kier alpha value is -2.81. The van der Waals surface area contributed by atoms with Crippen LogP contribution >= 0.6 is 0 Å². The van der Waals surface area contributed by atoms with Crippen molar-refractivity contribution in [2.24, 2.45) is 0 Å². The zero-order chi connectivity index (χ0) is 15.4. The van der Waals surface area contributed by atoms with Crippen LogP contribution in [0.15, 0.2) is 36.4 Å². The number of nitrogens with one attached hydrogen (secondary N) is 1. The van der Waals surface area contributed by atoms with Gasteiger partial charge >= 0.3 is 0 Å². The second kappa shape index (κ2) is 6.09. The predicted molar refractivity (Wildman–Crippen MR) is 70.0 cm³/mol. The highest BCUT2D eigenvalue weighted by molar-refractivity contribution is 6.04. The molecule has 0 saturated heterocycles. The van der Waals surface area contributed by atoms with E-state index in [2.05, 4.69) is 5.32 Å². The summed E-state index contributed by atoms with van der Waals surface area (Å²) >= 11 is 0. The Kier molecular flexibility index (Phi) is 4.24. The summed E-state index contributed by atoms with van der Waals surface area (Å²) in [5.41, 5.74) is 0.523. The van der Waals surface area contributed by atoms with Crippen LogP contribution in [0.5, 0.6) is 0 Å². The van der Waals surface area contributed by atoms with Crippen LogP contribution in [0.25, 0.3) is 0 Å². The van der Waals surface area contributed by atoms with Crippen molar-refractivity contribution in [3.63, 3.8) is 0 Å². The van der Waals surface area contributed by atoms with E-state index in [4.69, 9.17) is 5.26 Å². The molecule has 0 fully saturated rings. The van der Waals surface area contributed by atoms with Gasteiger partial charge < -0.3 is 5.32 Å². The molecule has 21 heavy (non-hydrogen) atoms. The second-order valence-corrected chi connectivity index (χ2v) is 4.21. The molecular formula is C15H9F3N2O. The predicted octanol–water partition coefficient (Wildman–Crippen LogP) is 3.42. The highest BCUT2D eigenvalue weighted by Crippen LogP contribution is 2.17. The summed E-state index contributed by atoms with van der Waals surface area (Å²) in [5, 5.41) is 10.9. The van der Waals surface area contributed by atoms with Crippen molar-refractivity contribution in [2.75, 3.05) is 5.32 Å². The molecule has 1 N–H and O–H groups in total. The van der Waals surface area contributed by atoms with Gasteiger partial charge in [0, 0.05) is 5.69 Å². The third kappa shape index (κ3) is 3.20. The van der Waals surface area contributed by atoms with Crippen molar-refractivity contribution in [3.8, 4) is 6.07 Å². The number of hydrogen-bond acceptors (Lipinski definition) is 2. The highest BCUT2D eigenvalue weighted by Gasteiger charge is 2.18. The summed E-state index contributed by atoms with van der Waals surface area (Å²) < 4.78 is 39.3. The van der Waals surface area contributed by atoms with Gasteiger partial charge in [0.15, 0.2) is 17.5 Å². The van der Waals surface area contributed by atoms with Gasteiger partial charge in [-0.25, -0.2) is 13.2 Å². The Balaban J connectivity index is 2.18. The first-order chi connectivity index (χ1) is 10.0. The molecule has 6 heteroatoms. The monoisotopic (exact) mass is 290 g/mol. The molecule has 0 atom stereocenters. The van der Waals surface area contributed by atoms with Gasteiger partial charge in [0.2, 0.25) is 0 Å². The van der Waals surface area contributed by atoms with E-state index in [0.29, 0.717) is 11.8 Å². The first kappa shape index (κ1) is 14.6. The molecule has 2 aromatic carbocycles. The van der Waals surface area contributed by atoms with E-state index in [0.717, 1.165) is 11.6 Å². The lowest BCUT2D eigenvalue weighted by atomic mass is 10.1. The zero-order valence-electron chi connectivity index (χ0n) is 10.7. The number of amides is 1. The number of halogens is 3. The molecule has 0 bridgehead atoms. The standard InChI is InChI=1S/C15H9F3N2O/c16-12-6-5-11(13(17)14(12)18)15(21)20-10-3-1-9(2-4-10)7-8-19/h1-6H,7H2,(H,20,21). The van der Waals surface area contributed by atoms with E-state index in [1.165, 1.54) is 12.1 Å². The van der Waals surface area contributed by atoms with Crippen LogP contribution in [0.1, 0.15) is 15.9 Å². The van der Waals surface area contributed by atoms with Crippen LogP contribution in [0.4, 0.5) is 18.9 Å². The fourth-order valence-corrected chi connectivity index (χ4v) is 1.70. The SMILES string of the molecule is N#CCc1ccc(NC(=O)c2ccc(F)c(F)c2F)cc1. The number of hydrogen-bond donors (Lipinski definition) is 1. The number of nitrogens with zero attached hydrogens (tertiary/aromatic N) is 1. The van der Waals surface area contributed by atoms with Gasteiger partial charge in [-0.2, -0.15) is 5.26 Å². The highest BCUT2D eigenvalue weighted by atomic mass is 19.2. The molecule has 0 aliphatic rings. The number of rotatable bonds is 3. The van der Waals surface area contributed by atoms with Gasteiger partial charge in [0.1, 0.15) is 0 Å². The third-order valence-electron chi connectivity index (χ3n) is 2.77. The van der Waals surface area contributed by atoms with Crippen LogP contribution in [-0.2, 0) is 6.42 Å². The lowest BCUT2D eigenvalue weighted by Gasteiger charge is -2.07. The van der Waals surface area contributed by atoms with Gasteiger partial charge in [-0.15, -0.1) is 0 Å². The molecule has 0 aliphatic carbocycles. The van der Waals surface area contributed by atoms with E-state index in [-0.39, 0.29) is 6.42 Å². The van der Waals surface area contributed by atoms with E-state index in [1.54, 1.807) is 12.1 Å². The fraction of sp³-hybridized carbons (Fsp3) is 0.0667. The van der Waals surface area contributed by atoms with Crippen molar-refractivity contribution < 1.29 is 18.0 Å². The molecule has 0 aliphatic heterocycles. The number of carbonyl (C=O) groups is 1. The Labute approximate surface area is 118 Å². The van der Waals surface area contributed by atoms with E-state index in [9.17, 15) is 18.0 Å². The molecule has 1 amide bonds. The lowest BCUT2D eigenvalue weighted by molar-refractivity contribution is 0.102. The fourth-order valence-electron chi connectivity index (χ4n) is 1.70. The smallest absolute Gasteiger partial charge is 0.258 e. The van der Waals surface area contributed by atoms with Crippen LogP contribution in [0, 0.1) is 28.8 Å². The third-order valence-corrected chi connectivity index (χ3v) is 2.77. The molecule has 2 aromatic rings. The maximum Gasteiger partial charge on any atom is 0.258 e. The Morgan fingerprint density at radius 3 is 2.33 bits per heavy atom. The average molecular weight is 290 g/mol. The quantitative estimate of drug-likeness (QED) is 0.881.